The lowest BCUT2D eigenvalue weighted by atomic mass is 10.3. The van der Waals surface area contributed by atoms with Gasteiger partial charge in [0.2, 0.25) is 0 Å². The van der Waals surface area contributed by atoms with Crippen molar-refractivity contribution < 1.29 is 4.79 Å². The van der Waals surface area contributed by atoms with E-state index in [-0.39, 0.29) is 5.91 Å². The second kappa shape index (κ2) is 7.45. The summed E-state index contributed by atoms with van der Waals surface area (Å²) < 4.78 is 1.97. The molecule has 5 nitrogen and oxygen atoms in total. The summed E-state index contributed by atoms with van der Waals surface area (Å²) in [4.78, 5) is 22.2. The molecule has 8 heteroatoms. The van der Waals surface area contributed by atoms with Crippen LogP contribution in [0.4, 0.5) is 5.69 Å². The highest BCUT2D eigenvalue weighted by atomic mass is 32.2. The molecular weight excluding hydrogens is 384 g/mol. The number of hydrogen-bond acceptors (Lipinski definition) is 6. The molecular formula is C18H14N4OS3. The van der Waals surface area contributed by atoms with E-state index in [0.717, 1.165) is 26.3 Å². The van der Waals surface area contributed by atoms with E-state index in [4.69, 9.17) is 0 Å². The first kappa shape index (κ1) is 17.0. The van der Waals surface area contributed by atoms with Crippen molar-refractivity contribution in [2.24, 2.45) is 7.05 Å². The zero-order valence-electron chi connectivity index (χ0n) is 13.7. The second-order valence-corrected chi connectivity index (χ2v) is 8.13. The van der Waals surface area contributed by atoms with E-state index in [0.29, 0.717) is 5.69 Å². The maximum Gasteiger partial charge on any atom is 0.275 e. The Hall–Kier alpha value is -2.42. The molecule has 0 bridgehead atoms. The van der Waals surface area contributed by atoms with E-state index >= 15 is 0 Å². The predicted octanol–water partition coefficient (Wildman–Crippen LogP) is 5.01. The van der Waals surface area contributed by atoms with E-state index in [2.05, 4.69) is 15.3 Å². The fourth-order valence-corrected chi connectivity index (χ4v) is 4.57. The Morgan fingerprint density at radius 2 is 2.04 bits per heavy atom. The molecule has 0 spiro atoms. The van der Waals surface area contributed by atoms with Crippen LogP contribution in [0.5, 0.6) is 0 Å². The monoisotopic (exact) mass is 398 g/mol. The fraction of sp³-hybridized carbons (Fsp3) is 0.0556. The normalized spacial score (nSPS) is 10.8. The minimum atomic E-state index is -0.202. The minimum absolute atomic E-state index is 0.202. The summed E-state index contributed by atoms with van der Waals surface area (Å²) in [5, 5.41) is 10.5. The summed E-state index contributed by atoms with van der Waals surface area (Å²) in [7, 11) is 1.96. The van der Waals surface area contributed by atoms with E-state index in [1.165, 1.54) is 11.3 Å². The number of hydrogen-bond donors (Lipinski definition) is 1. The molecule has 130 valence electrons. The Balaban J connectivity index is 1.42. The lowest BCUT2D eigenvalue weighted by molar-refractivity contribution is 0.102. The molecule has 3 aromatic heterocycles. The van der Waals surface area contributed by atoms with Gasteiger partial charge in [0, 0.05) is 46.3 Å². The Bertz CT molecular complexity index is 1020. The number of anilines is 1. The van der Waals surface area contributed by atoms with Gasteiger partial charge < -0.3 is 9.88 Å². The van der Waals surface area contributed by atoms with Crippen LogP contribution in [0.3, 0.4) is 0 Å². The highest BCUT2D eigenvalue weighted by molar-refractivity contribution is 7.99. The van der Waals surface area contributed by atoms with Gasteiger partial charge >= 0.3 is 0 Å². The van der Waals surface area contributed by atoms with Crippen LogP contribution < -0.4 is 5.32 Å². The number of thiophene rings is 1. The van der Waals surface area contributed by atoms with Crippen LogP contribution in [-0.4, -0.2) is 20.4 Å². The first-order chi connectivity index (χ1) is 12.7. The van der Waals surface area contributed by atoms with Gasteiger partial charge in [-0.3, -0.25) is 4.79 Å². The molecule has 26 heavy (non-hydrogen) atoms. The predicted molar refractivity (Wildman–Crippen MR) is 107 cm³/mol. The van der Waals surface area contributed by atoms with E-state index in [1.54, 1.807) is 34.7 Å². The number of nitrogens with zero attached hydrogens (tertiary/aromatic N) is 3. The molecule has 0 aliphatic heterocycles. The minimum Gasteiger partial charge on any atom is -0.329 e. The van der Waals surface area contributed by atoms with Crippen molar-refractivity contribution in [3.8, 4) is 10.6 Å². The third kappa shape index (κ3) is 3.72. The van der Waals surface area contributed by atoms with E-state index in [9.17, 15) is 4.79 Å². The topological polar surface area (TPSA) is 59.8 Å². The van der Waals surface area contributed by atoms with Gasteiger partial charge in [0.1, 0.15) is 10.7 Å². The zero-order chi connectivity index (χ0) is 17.9. The van der Waals surface area contributed by atoms with E-state index in [1.807, 2.05) is 58.9 Å². The molecule has 1 amide bonds. The van der Waals surface area contributed by atoms with Gasteiger partial charge in [0.15, 0.2) is 5.16 Å². The maximum atomic E-state index is 12.4. The average Bonchev–Trinajstić information content (AvgIpc) is 3.38. The Morgan fingerprint density at radius 1 is 1.19 bits per heavy atom. The molecule has 0 aliphatic rings. The Kier molecular flexibility index (Phi) is 4.87. The second-order valence-electron chi connectivity index (χ2n) is 5.45. The number of aryl methyl sites for hydroxylation is 1. The molecule has 0 fully saturated rings. The number of imidazole rings is 1. The number of carbonyl (C=O) groups is 1. The van der Waals surface area contributed by atoms with Gasteiger partial charge in [-0.2, -0.15) is 11.3 Å². The van der Waals surface area contributed by atoms with Gasteiger partial charge in [-0.15, -0.1) is 11.3 Å². The van der Waals surface area contributed by atoms with Gasteiger partial charge in [-0.05, 0) is 35.7 Å². The average molecular weight is 399 g/mol. The lowest BCUT2D eigenvalue weighted by Crippen LogP contribution is -2.12. The van der Waals surface area contributed by atoms with Crippen LogP contribution in [0.1, 0.15) is 10.5 Å². The molecule has 4 aromatic rings. The standard InChI is InChI=1S/C18H14N4OS3/c1-22-8-7-19-18(22)26-14-4-2-13(3-5-14)20-16(23)15-11-25-17(21-15)12-6-9-24-10-12/h2-11H,1H3,(H,20,23). The number of rotatable bonds is 5. The van der Waals surface area contributed by atoms with Crippen molar-refractivity contribution in [1.29, 1.82) is 0 Å². The first-order valence-electron chi connectivity index (χ1n) is 7.74. The number of amides is 1. The molecule has 0 radical (unpaired) electrons. The number of nitrogens with one attached hydrogen (secondary N) is 1. The largest absolute Gasteiger partial charge is 0.329 e. The van der Waals surface area contributed by atoms with Crippen LogP contribution >= 0.6 is 34.4 Å². The van der Waals surface area contributed by atoms with Gasteiger partial charge in [0.05, 0.1) is 0 Å². The third-order valence-electron chi connectivity index (χ3n) is 3.60. The third-order valence-corrected chi connectivity index (χ3v) is 6.26. The molecule has 0 aliphatic carbocycles. The number of carbonyl (C=O) groups excluding carboxylic acids is 1. The van der Waals surface area contributed by atoms with Crippen LogP contribution in [0.25, 0.3) is 10.6 Å². The molecule has 1 N–H and O–H groups in total. The summed E-state index contributed by atoms with van der Waals surface area (Å²) in [6.45, 7) is 0. The van der Waals surface area contributed by atoms with Crippen molar-refractivity contribution >= 4 is 46.0 Å². The summed E-state index contributed by atoms with van der Waals surface area (Å²) >= 11 is 4.67. The molecule has 1 aromatic carbocycles. The van der Waals surface area contributed by atoms with E-state index < -0.39 is 0 Å². The van der Waals surface area contributed by atoms with Crippen molar-refractivity contribution in [1.82, 2.24) is 14.5 Å². The summed E-state index contributed by atoms with van der Waals surface area (Å²) in [6.07, 6.45) is 3.68. The number of aromatic nitrogens is 3. The summed E-state index contributed by atoms with van der Waals surface area (Å²) in [5.41, 5.74) is 2.22. The highest BCUT2D eigenvalue weighted by Crippen LogP contribution is 2.28. The maximum absolute atomic E-state index is 12.4. The number of benzene rings is 1. The van der Waals surface area contributed by atoms with Crippen molar-refractivity contribution in [3.63, 3.8) is 0 Å². The van der Waals surface area contributed by atoms with Crippen LogP contribution in [0.15, 0.2) is 68.9 Å². The Labute approximate surface area is 162 Å². The molecule has 0 saturated heterocycles. The van der Waals surface area contributed by atoms with Crippen molar-refractivity contribution in [3.05, 3.63) is 64.6 Å². The van der Waals surface area contributed by atoms with Crippen LogP contribution in [-0.2, 0) is 7.05 Å². The first-order valence-corrected chi connectivity index (χ1v) is 10.4. The smallest absolute Gasteiger partial charge is 0.275 e. The van der Waals surface area contributed by atoms with Crippen molar-refractivity contribution in [2.45, 2.75) is 10.1 Å². The van der Waals surface area contributed by atoms with Gasteiger partial charge in [0.25, 0.3) is 5.91 Å². The molecule has 0 unspecified atom stereocenters. The van der Waals surface area contributed by atoms with Gasteiger partial charge in [-0.1, -0.05) is 11.8 Å². The summed E-state index contributed by atoms with van der Waals surface area (Å²) in [5.74, 6) is -0.202. The highest BCUT2D eigenvalue weighted by Gasteiger charge is 2.12. The molecule has 3 heterocycles. The fourth-order valence-electron chi connectivity index (χ4n) is 2.25. The van der Waals surface area contributed by atoms with Crippen molar-refractivity contribution in [2.75, 3.05) is 5.32 Å². The zero-order valence-corrected chi connectivity index (χ0v) is 16.2. The van der Waals surface area contributed by atoms with Crippen LogP contribution in [0.2, 0.25) is 0 Å². The molecule has 4 rings (SSSR count). The number of thiazole rings is 1. The SMILES string of the molecule is Cn1ccnc1Sc1ccc(NC(=O)c2csc(-c3ccsc3)n2)cc1. The Morgan fingerprint density at radius 3 is 2.73 bits per heavy atom. The summed E-state index contributed by atoms with van der Waals surface area (Å²) in [6, 6.07) is 9.70. The lowest BCUT2D eigenvalue weighted by Gasteiger charge is -2.05. The van der Waals surface area contributed by atoms with Gasteiger partial charge in [-0.25, -0.2) is 9.97 Å². The quantitative estimate of drug-likeness (QED) is 0.513. The van der Waals surface area contributed by atoms with Crippen LogP contribution in [0, 0.1) is 0 Å². The molecule has 0 saturated carbocycles. The molecule has 0 atom stereocenters.